The Hall–Kier alpha value is -1.92. The minimum Gasteiger partial charge on any atom is -0.481 e. The average molecular weight is 342 g/mol. The maximum absolute atomic E-state index is 5.85. The fraction of sp³-hybridized carbons (Fsp3) is 0.579. The van der Waals surface area contributed by atoms with E-state index in [9.17, 15) is 0 Å². The Bertz CT molecular complexity index is 698. The maximum Gasteiger partial charge on any atom is 0.217 e. The molecule has 0 unspecified atom stereocenters. The molecule has 2 aromatic rings. The quantitative estimate of drug-likeness (QED) is 0.690. The van der Waals surface area contributed by atoms with Gasteiger partial charge in [0.25, 0.3) is 0 Å². The molecule has 1 aliphatic heterocycles. The predicted octanol–water partition coefficient (Wildman–Crippen LogP) is 2.66. The SMILES string of the molecule is COc1ncccc1CN1Cc2ccnn2[C@H](CCOCC2CC2)C1. The molecule has 6 nitrogen and oxygen atoms in total. The Balaban J connectivity index is 1.40. The zero-order chi connectivity index (χ0) is 17.1. The third-order valence-electron chi connectivity index (χ3n) is 5.04. The van der Waals surface area contributed by atoms with E-state index in [2.05, 4.69) is 31.8 Å². The second kappa shape index (κ2) is 7.54. The van der Waals surface area contributed by atoms with Crippen molar-refractivity contribution < 1.29 is 9.47 Å². The molecule has 3 heterocycles. The van der Waals surface area contributed by atoms with Gasteiger partial charge in [0.2, 0.25) is 5.88 Å². The number of pyridine rings is 1. The van der Waals surface area contributed by atoms with Crippen molar-refractivity contribution in [3.05, 3.63) is 41.9 Å². The number of methoxy groups -OCH3 is 1. The second-order valence-corrected chi connectivity index (χ2v) is 7.07. The first-order valence-electron chi connectivity index (χ1n) is 9.14. The van der Waals surface area contributed by atoms with Gasteiger partial charge < -0.3 is 9.47 Å². The summed E-state index contributed by atoms with van der Waals surface area (Å²) in [6.45, 7) is 4.44. The lowest BCUT2D eigenvalue weighted by Gasteiger charge is -2.34. The lowest BCUT2D eigenvalue weighted by atomic mass is 10.1. The molecule has 0 amide bonds. The number of rotatable bonds is 8. The van der Waals surface area contributed by atoms with Gasteiger partial charge in [-0.3, -0.25) is 9.58 Å². The normalized spacial score (nSPS) is 20.4. The van der Waals surface area contributed by atoms with Crippen LogP contribution in [0.15, 0.2) is 30.6 Å². The van der Waals surface area contributed by atoms with Crippen molar-refractivity contribution in [3.63, 3.8) is 0 Å². The molecule has 1 aliphatic carbocycles. The van der Waals surface area contributed by atoms with Crippen molar-refractivity contribution in [2.45, 2.75) is 38.4 Å². The molecule has 0 saturated heterocycles. The molecule has 0 aromatic carbocycles. The Morgan fingerprint density at radius 3 is 3.00 bits per heavy atom. The van der Waals surface area contributed by atoms with E-state index in [0.717, 1.165) is 50.8 Å². The largest absolute Gasteiger partial charge is 0.481 e. The molecule has 0 N–H and O–H groups in total. The first-order valence-corrected chi connectivity index (χ1v) is 9.14. The van der Waals surface area contributed by atoms with Gasteiger partial charge in [0, 0.05) is 50.8 Å². The summed E-state index contributed by atoms with van der Waals surface area (Å²) < 4.78 is 13.4. The van der Waals surface area contributed by atoms with Crippen LogP contribution in [0.2, 0.25) is 0 Å². The lowest BCUT2D eigenvalue weighted by molar-refractivity contribution is 0.0902. The molecule has 0 radical (unpaired) electrons. The summed E-state index contributed by atoms with van der Waals surface area (Å²) >= 11 is 0. The summed E-state index contributed by atoms with van der Waals surface area (Å²) in [7, 11) is 1.68. The smallest absolute Gasteiger partial charge is 0.217 e. The van der Waals surface area contributed by atoms with Crippen LogP contribution in [0.3, 0.4) is 0 Å². The van der Waals surface area contributed by atoms with E-state index in [4.69, 9.17) is 9.47 Å². The Kier molecular flexibility index (Phi) is 4.99. The minimum atomic E-state index is 0.362. The molecule has 0 spiro atoms. The van der Waals surface area contributed by atoms with Gasteiger partial charge in [-0.2, -0.15) is 5.10 Å². The summed E-state index contributed by atoms with van der Waals surface area (Å²) in [6.07, 6.45) is 7.36. The topological polar surface area (TPSA) is 52.4 Å². The van der Waals surface area contributed by atoms with Gasteiger partial charge >= 0.3 is 0 Å². The average Bonchev–Trinajstić information content (AvgIpc) is 3.34. The zero-order valence-corrected chi connectivity index (χ0v) is 14.8. The Labute approximate surface area is 148 Å². The highest BCUT2D eigenvalue weighted by Gasteiger charge is 2.26. The van der Waals surface area contributed by atoms with Crippen LogP contribution in [0.5, 0.6) is 5.88 Å². The van der Waals surface area contributed by atoms with E-state index in [1.54, 1.807) is 13.3 Å². The van der Waals surface area contributed by atoms with Gasteiger partial charge in [-0.05, 0) is 37.3 Å². The van der Waals surface area contributed by atoms with Crippen molar-refractivity contribution in [1.82, 2.24) is 19.7 Å². The molecule has 2 aromatic heterocycles. The predicted molar refractivity (Wildman–Crippen MR) is 94.3 cm³/mol. The Morgan fingerprint density at radius 2 is 2.16 bits per heavy atom. The first kappa shape index (κ1) is 16.5. The summed E-state index contributed by atoms with van der Waals surface area (Å²) in [5, 5.41) is 4.54. The summed E-state index contributed by atoms with van der Waals surface area (Å²) in [5.41, 5.74) is 2.39. The van der Waals surface area contributed by atoms with E-state index >= 15 is 0 Å². The number of aromatic nitrogens is 3. The van der Waals surface area contributed by atoms with Crippen molar-refractivity contribution in [2.75, 3.05) is 26.9 Å². The molecule has 0 bridgehead atoms. The molecule has 134 valence electrons. The van der Waals surface area contributed by atoms with Crippen molar-refractivity contribution in [3.8, 4) is 5.88 Å². The minimum absolute atomic E-state index is 0.362. The number of hydrogen-bond acceptors (Lipinski definition) is 5. The molecule has 1 atom stereocenters. The van der Waals surface area contributed by atoms with Gasteiger partial charge in [0.05, 0.1) is 18.8 Å². The van der Waals surface area contributed by atoms with E-state index in [-0.39, 0.29) is 0 Å². The van der Waals surface area contributed by atoms with Crippen LogP contribution in [-0.4, -0.2) is 46.5 Å². The fourth-order valence-corrected chi connectivity index (χ4v) is 3.52. The van der Waals surface area contributed by atoms with E-state index in [0.29, 0.717) is 11.9 Å². The number of fused-ring (bicyclic) bond motifs is 1. The summed E-state index contributed by atoms with van der Waals surface area (Å²) in [4.78, 5) is 6.76. The second-order valence-electron chi connectivity index (χ2n) is 7.07. The van der Waals surface area contributed by atoms with Gasteiger partial charge in [-0.1, -0.05) is 6.07 Å². The lowest BCUT2D eigenvalue weighted by Crippen LogP contribution is -2.37. The third-order valence-corrected chi connectivity index (χ3v) is 5.04. The molecule has 4 rings (SSSR count). The van der Waals surface area contributed by atoms with Crippen molar-refractivity contribution in [2.24, 2.45) is 5.92 Å². The van der Waals surface area contributed by atoms with Gasteiger partial charge in [0.15, 0.2) is 0 Å². The highest BCUT2D eigenvalue weighted by atomic mass is 16.5. The van der Waals surface area contributed by atoms with Gasteiger partial charge in [-0.15, -0.1) is 0 Å². The number of hydrogen-bond donors (Lipinski definition) is 0. The maximum atomic E-state index is 5.85. The molecule has 1 fully saturated rings. The monoisotopic (exact) mass is 342 g/mol. The number of nitrogens with zero attached hydrogens (tertiary/aromatic N) is 4. The van der Waals surface area contributed by atoms with Crippen LogP contribution in [0.25, 0.3) is 0 Å². The molecule has 25 heavy (non-hydrogen) atoms. The number of ether oxygens (including phenoxy) is 2. The van der Waals surface area contributed by atoms with Crippen LogP contribution in [0.1, 0.15) is 36.6 Å². The van der Waals surface area contributed by atoms with Crippen LogP contribution in [0.4, 0.5) is 0 Å². The van der Waals surface area contributed by atoms with Crippen molar-refractivity contribution in [1.29, 1.82) is 0 Å². The van der Waals surface area contributed by atoms with E-state index in [1.165, 1.54) is 18.5 Å². The molecular weight excluding hydrogens is 316 g/mol. The van der Waals surface area contributed by atoms with Gasteiger partial charge in [-0.25, -0.2) is 4.98 Å². The van der Waals surface area contributed by atoms with Crippen molar-refractivity contribution >= 4 is 0 Å². The third kappa shape index (κ3) is 4.02. The summed E-state index contributed by atoms with van der Waals surface area (Å²) in [5.74, 6) is 1.53. The van der Waals surface area contributed by atoms with Crippen LogP contribution < -0.4 is 4.74 Å². The first-order chi connectivity index (χ1) is 12.3. The molecule has 2 aliphatic rings. The molecular formula is C19H26N4O2. The van der Waals surface area contributed by atoms with Gasteiger partial charge in [0.1, 0.15) is 0 Å². The highest BCUT2D eigenvalue weighted by molar-refractivity contribution is 5.25. The Morgan fingerprint density at radius 1 is 1.24 bits per heavy atom. The molecule has 1 saturated carbocycles. The standard InChI is InChI=1S/C19H26N4O2/c1-24-19-16(3-2-8-20-19)11-22-12-17-6-9-21-23(17)18(13-22)7-10-25-14-15-4-5-15/h2-3,6,8-9,15,18H,4-5,7,10-14H2,1H3/t18-/m1/s1. The summed E-state index contributed by atoms with van der Waals surface area (Å²) in [6, 6.07) is 6.53. The van der Waals surface area contributed by atoms with Crippen LogP contribution >= 0.6 is 0 Å². The van der Waals surface area contributed by atoms with E-state index < -0.39 is 0 Å². The van der Waals surface area contributed by atoms with Crippen LogP contribution in [-0.2, 0) is 17.8 Å². The van der Waals surface area contributed by atoms with Crippen LogP contribution in [0, 0.1) is 5.92 Å². The fourth-order valence-electron chi connectivity index (χ4n) is 3.52. The zero-order valence-electron chi connectivity index (χ0n) is 14.8. The highest BCUT2D eigenvalue weighted by Crippen LogP contribution is 2.29. The van der Waals surface area contributed by atoms with E-state index in [1.807, 2.05) is 12.3 Å². The molecule has 6 heteroatoms.